The van der Waals surface area contributed by atoms with E-state index >= 15 is 0 Å². The van der Waals surface area contributed by atoms with E-state index in [1.807, 2.05) is 25.6 Å². The van der Waals surface area contributed by atoms with Crippen LogP contribution in [0.2, 0.25) is 0 Å². The molecule has 3 aromatic heterocycles. The van der Waals surface area contributed by atoms with Crippen molar-refractivity contribution in [3.05, 3.63) is 88.6 Å². The Morgan fingerprint density at radius 3 is 2.65 bits per heavy atom. The Balaban J connectivity index is 1.17. The Hall–Kier alpha value is -3.49. The van der Waals surface area contributed by atoms with Gasteiger partial charge in [-0.1, -0.05) is 55.1 Å². The molecule has 1 aliphatic rings. The Morgan fingerprint density at radius 2 is 1.85 bits per heavy atom. The molecule has 7 nitrogen and oxygen atoms in total. The smallest absolute Gasteiger partial charge is 0.191 e. The summed E-state index contributed by atoms with van der Waals surface area (Å²) in [5.74, 6) is 1.90. The van der Waals surface area contributed by atoms with Crippen LogP contribution in [0.15, 0.2) is 59.8 Å². The minimum atomic E-state index is 0.804. The highest BCUT2D eigenvalue weighted by molar-refractivity contribution is 7.99. The fourth-order valence-corrected chi connectivity index (χ4v) is 6.18. The molecule has 0 saturated heterocycles. The summed E-state index contributed by atoms with van der Waals surface area (Å²) in [5, 5.41) is 14.6. The molecule has 1 aromatic carbocycles. The molecule has 0 unspecified atom stereocenters. The predicted octanol–water partition coefficient (Wildman–Crippen LogP) is 5.93. The first-order valence-electron chi connectivity index (χ1n) is 14.1. The molecule has 8 heteroatoms. The lowest BCUT2D eigenvalue weighted by Gasteiger charge is -2.21. The second-order valence-corrected chi connectivity index (χ2v) is 11.6. The van der Waals surface area contributed by atoms with Gasteiger partial charge in [0.1, 0.15) is 0 Å². The molecule has 0 saturated carbocycles. The van der Waals surface area contributed by atoms with Gasteiger partial charge in [0.15, 0.2) is 11.0 Å². The maximum Gasteiger partial charge on any atom is 0.191 e. The molecule has 0 fully saturated rings. The summed E-state index contributed by atoms with van der Waals surface area (Å²) < 4.78 is 4.10. The maximum atomic E-state index is 4.68. The number of aryl methyl sites for hydroxylation is 3. The van der Waals surface area contributed by atoms with Crippen LogP contribution in [0, 0.1) is 13.8 Å². The fraction of sp³-hybridized carbons (Fsp3) is 0.375. The average molecular weight is 554 g/mol. The zero-order valence-electron chi connectivity index (χ0n) is 24.3. The fourth-order valence-electron chi connectivity index (χ4n) is 5.26. The Kier molecular flexibility index (Phi) is 8.97. The van der Waals surface area contributed by atoms with Gasteiger partial charge in [0.05, 0.1) is 17.1 Å². The first-order valence-corrected chi connectivity index (χ1v) is 15.1. The average Bonchev–Trinajstić information content (AvgIpc) is 3.39. The van der Waals surface area contributed by atoms with E-state index in [0.717, 1.165) is 78.4 Å². The molecule has 0 bridgehead atoms. The molecule has 0 aliphatic heterocycles. The molecule has 0 amide bonds. The van der Waals surface area contributed by atoms with Crippen LogP contribution < -0.4 is 0 Å². The zero-order chi connectivity index (χ0) is 28.1. The Morgan fingerprint density at radius 1 is 0.975 bits per heavy atom. The second kappa shape index (κ2) is 12.8. The van der Waals surface area contributed by atoms with Crippen LogP contribution >= 0.6 is 11.8 Å². The minimum absolute atomic E-state index is 0.804. The second-order valence-electron chi connectivity index (χ2n) is 10.5. The van der Waals surface area contributed by atoms with Crippen molar-refractivity contribution in [3.63, 3.8) is 0 Å². The SMILES string of the molecule is CCCN(CCSc1nnc(C2=CC=Cc3nc(C)ccc3C2)n1C)CCc1cccc(-c2cc(C)nn2C)c1. The number of hydrogen-bond donors (Lipinski definition) is 0. The molecular formula is C32H39N7S. The lowest BCUT2D eigenvalue weighted by Crippen LogP contribution is -2.29. The molecule has 40 heavy (non-hydrogen) atoms. The number of benzene rings is 1. The van der Waals surface area contributed by atoms with Gasteiger partial charge in [-0.25, -0.2) is 0 Å². The summed E-state index contributed by atoms with van der Waals surface area (Å²) in [4.78, 5) is 7.25. The van der Waals surface area contributed by atoms with Gasteiger partial charge in [-0.2, -0.15) is 5.10 Å². The Bertz CT molecular complexity index is 1530. The maximum absolute atomic E-state index is 4.68. The van der Waals surface area contributed by atoms with Crippen LogP contribution in [0.5, 0.6) is 0 Å². The number of fused-ring (bicyclic) bond motifs is 1. The summed E-state index contributed by atoms with van der Waals surface area (Å²) in [6.45, 7) is 9.48. The van der Waals surface area contributed by atoms with E-state index in [0.29, 0.717) is 0 Å². The lowest BCUT2D eigenvalue weighted by molar-refractivity contribution is 0.295. The van der Waals surface area contributed by atoms with Crippen molar-refractivity contribution in [1.29, 1.82) is 0 Å². The first-order chi connectivity index (χ1) is 19.4. The third-order valence-corrected chi connectivity index (χ3v) is 8.33. The third kappa shape index (κ3) is 6.62. The van der Waals surface area contributed by atoms with Gasteiger partial charge >= 0.3 is 0 Å². The van der Waals surface area contributed by atoms with Crippen molar-refractivity contribution in [1.82, 2.24) is 34.4 Å². The van der Waals surface area contributed by atoms with Gasteiger partial charge in [-0.3, -0.25) is 9.67 Å². The van der Waals surface area contributed by atoms with Crippen molar-refractivity contribution >= 4 is 23.4 Å². The number of hydrogen-bond acceptors (Lipinski definition) is 6. The summed E-state index contributed by atoms with van der Waals surface area (Å²) >= 11 is 1.78. The highest BCUT2D eigenvalue weighted by Gasteiger charge is 2.17. The highest BCUT2D eigenvalue weighted by atomic mass is 32.2. The van der Waals surface area contributed by atoms with Gasteiger partial charge in [0, 0.05) is 56.2 Å². The van der Waals surface area contributed by atoms with Crippen molar-refractivity contribution in [2.24, 2.45) is 14.1 Å². The van der Waals surface area contributed by atoms with E-state index in [1.54, 1.807) is 11.8 Å². The molecule has 0 spiro atoms. The number of allylic oxidation sites excluding steroid dienone is 3. The molecule has 0 atom stereocenters. The first kappa shape index (κ1) is 28.1. The summed E-state index contributed by atoms with van der Waals surface area (Å²) in [6.07, 6.45) is 9.28. The zero-order valence-corrected chi connectivity index (χ0v) is 25.1. The molecule has 208 valence electrons. The topological polar surface area (TPSA) is 64.7 Å². The van der Waals surface area contributed by atoms with Crippen LogP contribution in [0.3, 0.4) is 0 Å². The lowest BCUT2D eigenvalue weighted by atomic mass is 10.0. The number of aromatic nitrogens is 6. The number of pyridine rings is 1. The van der Waals surface area contributed by atoms with E-state index in [9.17, 15) is 0 Å². The minimum Gasteiger partial charge on any atom is -0.305 e. The third-order valence-electron chi connectivity index (χ3n) is 7.33. The van der Waals surface area contributed by atoms with Gasteiger partial charge in [-0.15, -0.1) is 10.2 Å². The number of nitrogens with zero attached hydrogens (tertiary/aromatic N) is 7. The summed E-state index contributed by atoms with van der Waals surface area (Å²) in [6, 6.07) is 15.3. The predicted molar refractivity (Wildman–Crippen MR) is 165 cm³/mol. The van der Waals surface area contributed by atoms with Crippen molar-refractivity contribution in [2.45, 2.75) is 45.2 Å². The molecule has 5 rings (SSSR count). The van der Waals surface area contributed by atoms with Gasteiger partial charge in [0.25, 0.3) is 0 Å². The standard InChI is InChI=1S/C32H39N7S/c1-6-16-39(17-15-25-9-7-10-27(21-25)30-20-24(3)36-38(30)5)18-19-40-32-35-34-31(37(32)4)28-11-8-12-29-26(22-28)14-13-23(2)33-29/h7-14,20-21H,6,15-19,22H2,1-5H3. The Labute approximate surface area is 242 Å². The molecule has 0 radical (unpaired) electrons. The van der Waals surface area contributed by atoms with E-state index < -0.39 is 0 Å². The van der Waals surface area contributed by atoms with Gasteiger partial charge in [0.2, 0.25) is 0 Å². The van der Waals surface area contributed by atoms with Crippen LogP contribution in [-0.4, -0.2) is 59.8 Å². The van der Waals surface area contributed by atoms with Crippen molar-refractivity contribution in [3.8, 4) is 11.3 Å². The molecule has 4 aromatic rings. The summed E-state index contributed by atoms with van der Waals surface area (Å²) in [7, 11) is 4.08. The highest BCUT2D eigenvalue weighted by Crippen LogP contribution is 2.27. The molecule has 3 heterocycles. The van der Waals surface area contributed by atoms with E-state index in [2.05, 4.69) is 104 Å². The van der Waals surface area contributed by atoms with E-state index in [4.69, 9.17) is 0 Å². The molecule has 1 aliphatic carbocycles. The quantitative estimate of drug-likeness (QED) is 0.215. The van der Waals surface area contributed by atoms with E-state index in [-0.39, 0.29) is 0 Å². The van der Waals surface area contributed by atoms with Crippen molar-refractivity contribution in [2.75, 3.05) is 25.4 Å². The van der Waals surface area contributed by atoms with Crippen LogP contribution in [0.4, 0.5) is 0 Å². The number of rotatable bonds is 11. The molecular weight excluding hydrogens is 514 g/mol. The normalized spacial score (nSPS) is 13.0. The largest absolute Gasteiger partial charge is 0.305 e. The van der Waals surface area contributed by atoms with Crippen LogP contribution in [0.1, 0.15) is 47.4 Å². The number of thioether (sulfide) groups is 1. The van der Waals surface area contributed by atoms with Gasteiger partial charge < -0.3 is 9.47 Å². The van der Waals surface area contributed by atoms with Crippen molar-refractivity contribution < 1.29 is 0 Å². The summed E-state index contributed by atoms with van der Waals surface area (Å²) in [5.41, 5.74) is 9.26. The molecule has 0 N–H and O–H groups in total. The van der Waals surface area contributed by atoms with Gasteiger partial charge in [-0.05, 0) is 68.6 Å². The van der Waals surface area contributed by atoms with Crippen LogP contribution in [0.25, 0.3) is 22.9 Å². The monoisotopic (exact) mass is 553 g/mol. The van der Waals surface area contributed by atoms with Crippen LogP contribution in [-0.2, 0) is 26.9 Å². The van der Waals surface area contributed by atoms with E-state index in [1.165, 1.54) is 22.3 Å².